The summed E-state index contributed by atoms with van der Waals surface area (Å²) in [6, 6.07) is 2.26. The summed E-state index contributed by atoms with van der Waals surface area (Å²) in [6.07, 6.45) is 0. The summed E-state index contributed by atoms with van der Waals surface area (Å²) in [7, 11) is 0. The molecular formula is C9H7BrFNO3. The van der Waals surface area contributed by atoms with Gasteiger partial charge in [-0.1, -0.05) is 15.9 Å². The van der Waals surface area contributed by atoms with Crippen LogP contribution < -0.4 is 0 Å². The quantitative estimate of drug-likeness (QED) is 0.369. The van der Waals surface area contributed by atoms with Crippen molar-refractivity contribution in [2.75, 3.05) is 5.33 Å². The Hall–Kier alpha value is -1.30. The van der Waals surface area contributed by atoms with Crippen LogP contribution in [0.1, 0.15) is 15.9 Å². The normalized spacial score (nSPS) is 10.1. The second-order valence-electron chi connectivity index (χ2n) is 2.89. The minimum absolute atomic E-state index is 0.00801. The molecule has 1 rings (SSSR count). The van der Waals surface area contributed by atoms with Crippen molar-refractivity contribution >= 4 is 27.4 Å². The first-order valence-corrected chi connectivity index (χ1v) is 5.13. The predicted molar refractivity (Wildman–Crippen MR) is 55.9 cm³/mol. The van der Waals surface area contributed by atoms with Gasteiger partial charge in [-0.25, -0.2) is 0 Å². The van der Waals surface area contributed by atoms with E-state index in [-0.39, 0.29) is 22.2 Å². The lowest BCUT2D eigenvalue weighted by Gasteiger charge is -2.03. The monoisotopic (exact) mass is 275 g/mol. The van der Waals surface area contributed by atoms with Gasteiger partial charge in [0.2, 0.25) is 5.82 Å². The number of nitrogens with zero attached hydrogens (tertiary/aromatic N) is 1. The summed E-state index contributed by atoms with van der Waals surface area (Å²) in [4.78, 5) is 20.9. The SMILES string of the molecule is Cc1c(C(=O)CBr)ccc([N+](=O)[O-])c1F. The van der Waals surface area contributed by atoms with Crippen molar-refractivity contribution in [3.63, 3.8) is 0 Å². The molecule has 0 atom stereocenters. The maximum Gasteiger partial charge on any atom is 0.305 e. The highest BCUT2D eigenvalue weighted by Crippen LogP contribution is 2.23. The molecule has 15 heavy (non-hydrogen) atoms. The Kier molecular flexibility index (Phi) is 3.52. The first-order valence-electron chi connectivity index (χ1n) is 4.01. The topological polar surface area (TPSA) is 60.2 Å². The smallest absolute Gasteiger partial charge is 0.293 e. The highest BCUT2D eigenvalue weighted by molar-refractivity contribution is 9.09. The van der Waals surface area contributed by atoms with Crippen molar-refractivity contribution in [1.29, 1.82) is 0 Å². The first-order chi connectivity index (χ1) is 6.99. The molecule has 0 saturated heterocycles. The summed E-state index contributed by atoms with van der Waals surface area (Å²) in [5, 5.41) is 10.5. The minimum Gasteiger partial charge on any atom is -0.293 e. The molecule has 4 nitrogen and oxygen atoms in total. The van der Waals surface area contributed by atoms with Gasteiger partial charge in [-0.2, -0.15) is 4.39 Å². The van der Waals surface area contributed by atoms with E-state index in [2.05, 4.69) is 15.9 Å². The molecule has 1 aromatic rings. The number of ketones is 1. The molecule has 0 spiro atoms. The van der Waals surface area contributed by atoms with Crippen molar-refractivity contribution < 1.29 is 14.1 Å². The molecule has 0 fully saturated rings. The minimum atomic E-state index is -0.952. The van der Waals surface area contributed by atoms with E-state index in [0.29, 0.717) is 0 Å². The van der Waals surface area contributed by atoms with Crippen molar-refractivity contribution in [3.8, 4) is 0 Å². The number of halogens is 2. The van der Waals surface area contributed by atoms with Crippen LogP contribution in [0, 0.1) is 22.9 Å². The fourth-order valence-corrected chi connectivity index (χ4v) is 1.49. The fourth-order valence-electron chi connectivity index (χ4n) is 1.19. The standard InChI is InChI=1S/C9H7BrFNO3/c1-5-6(8(13)4-10)2-3-7(9(5)11)12(14)15/h2-3H,4H2,1H3. The Bertz CT molecular complexity index is 434. The molecular weight excluding hydrogens is 269 g/mol. The number of rotatable bonds is 3. The maximum absolute atomic E-state index is 13.4. The van der Waals surface area contributed by atoms with Crippen LogP contribution in [-0.4, -0.2) is 16.0 Å². The molecule has 0 saturated carbocycles. The lowest BCUT2D eigenvalue weighted by molar-refractivity contribution is -0.387. The number of carbonyl (C=O) groups excluding carboxylic acids is 1. The summed E-state index contributed by atoms with van der Waals surface area (Å²) >= 11 is 2.95. The van der Waals surface area contributed by atoms with Gasteiger partial charge in [-0.15, -0.1) is 0 Å². The third-order valence-electron chi connectivity index (χ3n) is 1.98. The van der Waals surface area contributed by atoms with Gasteiger partial charge in [0, 0.05) is 17.2 Å². The molecule has 1 aromatic carbocycles. The van der Waals surface area contributed by atoms with Crippen molar-refractivity contribution in [2.24, 2.45) is 0 Å². The van der Waals surface area contributed by atoms with Crippen LogP contribution in [0.4, 0.5) is 10.1 Å². The molecule has 0 amide bonds. The summed E-state index contributed by atoms with van der Waals surface area (Å²) in [5.74, 6) is -1.26. The molecule has 0 heterocycles. The fraction of sp³-hybridized carbons (Fsp3) is 0.222. The molecule has 0 aliphatic heterocycles. The van der Waals surface area contributed by atoms with E-state index in [1.54, 1.807) is 0 Å². The van der Waals surface area contributed by atoms with E-state index in [1.165, 1.54) is 13.0 Å². The van der Waals surface area contributed by atoms with Crippen LogP contribution >= 0.6 is 15.9 Å². The molecule has 0 aromatic heterocycles. The molecule has 80 valence electrons. The third-order valence-corrected chi connectivity index (χ3v) is 2.49. The van der Waals surface area contributed by atoms with Gasteiger partial charge >= 0.3 is 5.69 Å². The van der Waals surface area contributed by atoms with E-state index < -0.39 is 16.4 Å². The number of benzene rings is 1. The molecule has 0 N–H and O–H groups in total. The molecule has 0 unspecified atom stereocenters. The zero-order valence-electron chi connectivity index (χ0n) is 7.79. The largest absolute Gasteiger partial charge is 0.305 e. The third kappa shape index (κ3) is 2.20. The average Bonchev–Trinajstić information content (AvgIpc) is 2.20. The van der Waals surface area contributed by atoms with Gasteiger partial charge in [-0.05, 0) is 13.0 Å². The molecule has 0 aliphatic rings. The van der Waals surface area contributed by atoms with Crippen LogP contribution in [0.25, 0.3) is 0 Å². The van der Waals surface area contributed by atoms with E-state index in [0.717, 1.165) is 6.07 Å². The lowest BCUT2D eigenvalue weighted by Crippen LogP contribution is -2.06. The number of nitro groups is 1. The van der Waals surface area contributed by atoms with E-state index in [9.17, 15) is 19.3 Å². The second-order valence-corrected chi connectivity index (χ2v) is 3.45. The van der Waals surface area contributed by atoms with Gasteiger partial charge < -0.3 is 0 Å². The number of hydrogen-bond donors (Lipinski definition) is 0. The van der Waals surface area contributed by atoms with Gasteiger partial charge in [-0.3, -0.25) is 14.9 Å². The Morgan fingerprint density at radius 1 is 1.60 bits per heavy atom. The highest BCUT2D eigenvalue weighted by atomic mass is 79.9. The van der Waals surface area contributed by atoms with E-state index in [4.69, 9.17) is 0 Å². The Morgan fingerprint density at radius 2 is 2.20 bits per heavy atom. The summed E-state index contributed by atoms with van der Waals surface area (Å²) in [6.45, 7) is 1.35. The Labute approximate surface area is 93.4 Å². The van der Waals surface area contributed by atoms with Gasteiger partial charge in [0.25, 0.3) is 0 Å². The van der Waals surface area contributed by atoms with Gasteiger partial charge in [0.15, 0.2) is 5.78 Å². The predicted octanol–water partition coefficient (Wildman–Crippen LogP) is 2.62. The molecule has 0 aliphatic carbocycles. The van der Waals surface area contributed by atoms with Crippen LogP contribution in [-0.2, 0) is 0 Å². The second kappa shape index (κ2) is 4.48. The Balaban J connectivity index is 3.33. The summed E-state index contributed by atoms with van der Waals surface area (Å²) < 4.78 is 13.4. The van der Waals surface area contributed by atoms with Crippen LogP contribution in [0.5, 0.6) is 0 Å². The number of alkyl halides is 1. The maximum atomic E-state index is 13.4. The van der Waals surface area contributed by atoms with Crippen LogP contribution in [0.3, 0.4) is 0 Å². The number of nitro benzene ring substituents is 1. The number of hydrogen-bond acceptors (Lipinski definition) is 3. The molecule has 0 radical (unpaired) electrons. The first kappa shape index (κ1) is 11.8. The molecule has 0 bridgehead atoms. The highest BCUT2D eigenvalue weighted by Gasteiger charge is 2.20. The van der Waals surface area contributed by atoms with E-state index in [1.807, 2.05) is 0 Å². The van der Waals surface area contributed by atoms with Gasteiger partial charge in [0.05, 0.1) is 10.3 Å². The van der Waals surface area contributed by atoms with Gasteiger partial charge in [0.1, 0.15) is 0 Å². The Morgan fingerprint density at radius 3 is 2.67 bits per heavy atom. The number of Topliss-reactive ketones (excluding diaryl/α,β-unsaturated/α-hetero) is 1. The van der Waals surface area contributed by atoms with Crippen molar-refractivity contribution in [3.05, 3.63) is 39.2 Å². The zero-order valence-corrected chi connectivity index (χ0v) is 9.38. The summed E-state index contributed by atoms with van der Waals surface area (Å²) in [5.41, 5.74) is -0.442. The van der Waals surface area contributed by atoms with Crippen molar-refractivity contribution in [2.45, 2.75) is 6.92 Å². The molecule has 6 heteroatoms. The lowest BCUT2D eigenvalue weighted by atomic mass is 10.0. The zero-order chi connectivity index (χ0) is 11.6. The number of carbonyl (C=O) groups is 1. The van der Waals surface area contributed by atoms with Crippen LogP contribution in [0.2, 0.25) is 0 Å². The van der Waals surface area contributed by atoms with Crippen molar-refractivity contribution in [1.82, 2.24) is 0 Å². The van der Waals surface area contributed by atoms with E-state index >= 15 is 0 Å². The van der Waals surface area contributed by atoms with Crippen LogP contribution in [0.15, 0.2) is 12.1 Å². The average molecular weight is 276 g/mol.